The zero-order valence-electron chi connectivity index (χ0n) is 23.1. The molecule has 0 unspecified atom stereocenters. The number of benzene rings is 1. The summed E-state index contributed by atoms with van der Waals surface area (Å²) < 4.78 is 0. The number of rotatable bonds is 4. The molecule has 2 amide bonds. The molecule has 2 aromatic rings. The number of carbonyl (C=O) groups excluding carboxylic acids is 3. The molecule has 0 bridgehead atoms. The molecule has 1 aromatic carbocycles. The van der Waals surface area contributed by atoms with Gasteiger partial charge in [-0.1, -0.05) is 72.2 Å². The van der Waals surface area contributed by atoms with Crippen LogP contribution in [0.15, 0.2) is 29.8 Å². The zero-order chi connectivity index (χ0) is 27.3. The first kappa shape index (κ1) is 34.6. The number of likely N-dealkylation sites (tertiary alicyclic amines) is 1. The fourth-order valence-corrected chi connectivity index (χ4v) is 4.03. The van der Waals surface area contributed by atoms with Gasteiger partial charge in [-0.2, -0.15) is 0 Å². The van der Waals surface area contributed by atoms with Crippen molar-refractivity contribution in [3.63, 3.8) is 0 Å². The lowest BCUT2D eigenvalue weighted by molar-refractivity contribution is -0.132. The summed E-state index contributed by atoms with van der Waals surface area (Å²) >= 11 is 1.71. The molecular formula is C28H47N3O3S. The first-order valence-corrected chi connectivity index (χ1v) is 13.3. The molecule has 1 aliphatic rings. The topological polar surface area (TPSA) is 93.4 Å². The van der Waals surface area contributed by atoms with Crippen LogP contribution in [0, 0.1) is 12.3 Å². The molecule has 198 valence electrons. The minimum atomic E-state index is 0.139. The van der Waals surface area contributed by atoms with Crippen LogP contribution < -0.4 is 5.73 Å². The van der Waals surface area contributed by atoms with E-state index in [-0.39, 0.29) is 11.8 Å². The number of amides is 2. The van der Waals surface area contributed by atoms with Gasteiger partial charge in [0.25, 0.3) is 0 Å². The number of aryl methyl sites for hydroxylation is 2. The third kappa shape index (κ3) is 16.7. The van der Waals surface area contributed by atoms with Gasteiger partial charge in [0.2, 0.25) is 12.3 Å². The highest BCUT2D eigenvalue weighted by Gasteiger charge is 2.22. The molecule has 1 fully saturated rings. The van der Waals surface area contributed by atoms with E-state index < -0.39 is 0 Å². The number of hydrogen-bond acceptors (Lipinski definition) is 5. The molecule has 1 aromatic heterocycles. The molecule has 0 atom stereocenters. The molecule has 0 aliphatic carbocycles. The van der Waals surface area contributed by atoms with E-state index >= 15 is 0 Å². The van der Waals surface area contributed by atoms with E-state index in [9.17, 15) is 4.79 Å². The number of carbonyl (C=O) groups is 3. The van der Waals surface area contributed by atoms with Gasteiger partial charge in [0.1, 0.15) is 6.29 Å². The highest BCUT2D eigenvalue weighted by Crippen LogP contribution is 2.27. The standard InChI is InChI=1S/C13H15NS.C10H19NO.C2H4O.C2H6.CH3NO/c1-3-4-11-5-7-12(8-6-11)13-10(2)14-9-15-13;1-10(2,3)8-9(12)11-6-4-5-7-11;1-2-3;1-2;2-1-3/h5-9H,3-4H2,1-2H3;4-8H2,1-3H3;2H,1H3;1-2H3;1H,(H2,2,3). The van der Waals surface area contributed by atoms with Gasteiger partial charge in [-0.05, 0) is 49.7 Å². The molecular weight excluding hydrogens is 458 g/mol. The molecule has 3 rings (SSSR count). The molecule has 1 saturated heterocycles. The monoisotopic (exact) mass is 505 g/mol. The minimum Gasteiger partial charge on any atom is -0.372 e. The van der Waals surface area contributed by atoms with Gasteiger partial charge < -0.3 is 15.4 Å². The van der Waals surface area contributed by atoms with E-state index in [2.05, 4.69) is 69.6 Å². The van der Waals surface area contributed by atoms with E-state index in [1.165, 1.54) is 48.6 Å². The number of hydrogen-bond donors (Lipinski definition) is 1. The van der Waals surface area contributed by atoms with Crippen molar-refractivity contribution in [3.05, 3.63) is 41.0 Å². The van der Waals surface area contributed by atoms with Gasteiger partial charge >= 0.3 is 0 Å². The van der Waals surface area contributed by atoms with Crippen molar-refractivity contribution < 1.29 is 14.4 Å². The Labute approximate surface area is 217 Å². The summed E-state index contributed by atoms with van der Waals surface area (Å²) in [6.45, 7) is 18.0. The van der Waals surface area contributed by atoms with Crippen molar-refractivity contribution in [1.82, 2.24) is 9.88 Å². The van der Waals surface area contributed by atoms with Crippen LogP contribution >= 0.6 is 11.3 Å². The van der Waals surface area contributed by atoms with Gasteiger partial charge in [0.15, 0.2) is 0 Å². The van der Waals surface area contributed by atoms with Crippen LogP contribution in [-0.2, 0) is 20.8 Å². The van der Waals surface area contributed by atoms with E-state index in [1.54, 1.807) is 11.3 Å². The van der Waals surface area contributed by atoms with Crippen LogP contribution in [0.3, 0.4) is 0 Å². The van der Waals surface area contributed by atoms with Crippen molar-refractivity contribution in [2.45, 2.75) is 87.5 Å². The van der Waals surface area contributed by atoms with Gasteiger partial charge in [0, 0.05) is 19.5 Å². The van der Waals surface area contributed by atoms with Crippen molar-refractivity contribution in [2.24, 2.45) is 11.1 Å². The van der Waals surface area contributed by atoms with E-state index in [0.29, 0.717) is 12.3 Å². The number of primary amides is 1. The Morgan fingerprint density at radius 2 is 1.60 bits per heavy atom. The van der Waals surface area contributed by atoms with Crippen LogP contribution in [0.5, 0.6) is 0 Å². The maximum Gasteiger partial charge on any atom is 0.223 e. The largest absolute Gasteiger partial charge is 0.372 e. The number of aromatic nitrogens is 1. The smallest absolute Gasteiger partial charge is 0.223 e. The highest BCUT2D eigenvalue weighted by atomic mass is 32.1. The van der Waals surface area contributed by atoms with Gasteiger partial charge in [0.05, 0.1) is 16.1 Å². The Morgan fingerprint density at radius 1 is 1.11 bits per heavy atom. The molecule has 2 N–H and O–H groups in total. The molecule has 2 heterocycles. The zero-order valence-corrected chi connectivity index (χ0v) is 23.9. The van der Waals surface area contributed by atoms with Crippen LogP contribution in [0.25, 0.3) is 10.4 Å². The van der Waals surface area contributed by atoms with E-state index in [0.717, 1.165) is 25.1 Å². The summed E-state index contributed by atoms with van der Waals surface area (Å²) in [6.07, 6.45) is 6.44. The predicted molar refractivity (Wildman–Crippen MR) is 150 cm³/mol. The maximum atomic E-state index is 11.6. The average molecular weight is 506 g/mol. The van der Waals surface area contributed by atoms with Crippen molar-refractivity contribution in [2.75, 3.05) is 13.1 Å². The Hall–Kier alpha value is -2.54. The summed E-state index contributed by atoms with van der Waals surface area (Å²) in [5.41, 5.74) is 10.0. The number of nitrogens with two attached hydrogens (primary N) is 1. The SMILES string of the molecule is CC.CC(C)(C)CC(=O)N1CCCC1.CC=O.CCCc1ccc(-c2scnc2C)cc1.NC=O. The molecule has 6 nitrogen and oxygen atoms in total. The summed E-state index contributed by atoms with van der Waals surface area (Å²) in [4.78, 5) is 36.5. The van der Waals surface area contributed by atoms with Crippen molar-refractivity contribution in [3.8, 4) is 10.4 Å². The Balaban J connectivity index is 0. The summed E-state index contributed by atoms with van der Waals surface area (Å²) in [5.74, 6) is 0.333. The predicted octanol–water partition coefficient (Wildman–Crippen LogP) is 6.45. The lowest BCUT2D eigenvalue weighted by atomic mass is 9.92. The van der Waals surface area contributed by atoms with Crippen molar-refractivity contribution >= 4 is 29.9 Å². The average Bonchev–Trinajstić information content (AvgIpc) is 3.49. The second kappa shape index (κ2) is 20.8. The highest BCUT2D eigenvalue weighted by molar-refractivity contribution is 7.13. The van der Waals surface area contributed by atoms with E-state index in [4.69, 9.17) is 9.59 Å². The summed E-state index contributed by atoms with van der Waals surface area (Å²) in [5, 5.41) is 0. The number of aldehydes is 1. The molecule has 7 heteroatoms. The second-order valence-corrected chi connectivity index (χ2v) is 9.77. The van der Waals surface area contributed by atoms with Crippen LogP contribution in [-0.4, -0.2) is 41.6 Å². The second-order valence-electron chi connectivity index (χ2n) is 8.91. The van der Waals surface area contributed by atoms with Crippen molar-refractivity contribution in [1.29, 1.82) is 0 Å². The van der Waals surface area contributed by atoms with Crippen LogP contribution in [0.1, 0.15) is 85.4 Å². The van der Waals surface area contributed by atoms with Gasteiger partial charge in [-0.25, -0.2) is 4.98 Å². The minimum absolute atomic E-state index is 0.139. The fourth-order valence-electron chi connectivity index (χ4n) is 3.22. The molecule has 35 heavy (non-hydrogen) atoms. The molecule has 0 radical (unpaired) electrons. The first-order valence-electron chi connectivity index (χ1n) is 12.5. The molecule has 0 saturated carbocycles. The van der Waals surface area contributed by atoms with Gasteiger partial charge in [-0.15, -0.1) is 11.3 Å². The quantitative estimate of drug-likeness (QED) is 0.483. The summed E-state index contributed by atoms with van der Waals surface area (Å²) in [7, 11) is 0. The normalized spacial score (nSPS) is 11.7. The third-order valence-corrected chi connectivity index (χ3v) is 5.62. The molecule has 1 aliphatic heterocycles. The number of nitrogens with zero attached hydrogens (tertiary/aromatic N) is 2. The lowest BCUT2D eigenvalue weighted by Crippen LogP contribution is -2.30. The Kier molecular flexibility index (Phi) is 20.6. The van der Waals surface area contributed by atoms with Crippen LogP contribution in [0.4, 0.5) is 0 Å². The maximum absolute atomic E-state index is 11.6. The molecule has 0 spiro atoms. The fraction of sp³-hybridized carbons (Fsp3) is 0.571. The van der Waals surface area contributed by atoms with Crippen LogP contribution in [0.2, 0.25) is 0 Å². The Bertz CT molecular complexity index is 800. The third-order valence-electron chi connectivity index (χ3n) is 4.64. The first-order chi connectivity index (χ1) is 16.6. The van der Waals surface area contributed by atoms with Gasteiger partial charge in [-0.3, -0.25) is 9.59 Å². The summed E-state index contributed by atoms with van der Waals surface area (Å²) in [6, 6.07) is 8.84. The number of thiazole rings is 1. The lowest BCUT2D eigenvalue weighted by Gasteiger charge is -2.22. The Morgan fingerprint density at radius 3 is 1.97 bits per heavy atom. The van der Waals surface area contributed by atoms with E-state index in [1.807, 2.05) is 24.3 Å².